The summed E-state index contributed by atoms with van der Waals surface area (Å²) in [6.45, 7) is 2.05. The van der Waals surface area contributed by atoms with Gasteiger partial charge >= 0.3 is 0 Å². The Balaban J connectivity index is 1.92. The molecule has 0 N–H and O–H groups in total. The van der Waals surface area contributed by atoms with E-state index in [-0.39, 0.29) is 5.92 Å². The average molecular weight is 276 g/mol. The third-order valence-electron chi connectivity index (χ3n) is 4.07. The Morgan fingerprint density at radius 3 is 2.35 bits per heavy atom. The Hall–Kier alpha value is -1.77. The highest BCUT2D eigenvalue weighted by Crippen LogP contribution is 2.34. The molecule has 1 atom stereocenters. The lowest BCUT2D eigenvalue weighted by molar-refractivity contribution is 0.441. The van der Waals surface area contributed by atoms with Crippen LogP contribution in [-0.2, 0) is 12.8 Å². The molecule has 0 spiro atoms. The molecule has 0 nitrogen and oxygen atoms in total. The topological polar surface area (TPSA) is 0 Å². The van der Waals surface area contributed by atoms with Gasteiger partial charge in [0.15, 0.2) is 17.5 Å². The van der Waals surface area contributed by atoms with Gasteiger partial charge in [-0.15, -0.1) is 0 Å². The third-order valence-corrected chi connectivity index (χ3v) is 4.07. The zero-order valence-corrected chi connectivity index (χ0v) is 11.2. The van der Waals surface area contributed by atoms with E-state index >= 15 is 0 Å². The largest absolute Gasteiger partial charge is 0.204 e. The molecule has 0 saturated heterocycles. The Morgan fingerprint density at radius 1 is 0.950 bits per heavy atom. The van der Waals surface area contributed by atoms with E-state index in [1.165, 1.54) is 16.7 Å². The monoisotopic (exact) mass is 276 g/mol. The fourth-order valence-electron chi connectivity index (χ4n) is 2.98. The van der Waals surface area contributed by atoms with Crippen LogP contribution >= 0.6 is 0 Å². The van der Waals surface area contributed by atoms with E-state index in [9.17, 15) is 13.2 Å². The van der Waals surface area contributed by atoms with Gasteiger partial charge in [-0.2, -0.15) is 0 Å². The number of rotatable bonds is 1. The number of hydrogen-bond acceptors (Lipinski definition) is 0. The zero-order chi connectivity index (χ0) is 14.3. The van der Waals surface area contributed by atoms with E-state index in [1.54, 1.807) is 0 Å². The Kier molecular flexibility index (Phi) is 3.28. The minimum absolute atomic E-state index is 0.0507. The normalized spacial score (nSPS) is 17.9. The van der Waals surface area contributed by atoms with Crippen molar-refractivity contribution in [1.82, 2.24) is 0 Å². The van der Waals surface area contributed by atoms with E-state index in [2.05, 4.69) is 19.1 Å². The maximum Gasteiger partial charge on any atom is 0.194 e. The second kappa shape index (κ2) is 4.97. The number of fused-ring (bicyclic) bond motifs is 1. The van der Waals surface area contributed by atoms with Gasteiger partial charge in [0.25, 0.3) is 0 Å². The first kappa shape index (κ1) is 13.2. The predicted molar refractivity (Wildman–Crippen MR) is 72.3 cm³/mol. The third kappa shape index (κ3) is 2.33. The SMILES string of the molecule is Cc1ccc2c(c1)CCC(c1cc(F)c(F)c(F)c1)C2. The van der Waals surface area contributed by atoms with Crippen LogP contribution in [0.1, 0.15) is 34.6 Å². The molecule has 0 aliphatic heterocycles. The summed E-state index contributed by atoms with van der Waals surface area (Å²) in [6, 6.07) is 8.54. The molecule has 2 aromatic rings. The maximum atomic E-state index is 13.3. The van der Waals surface area contributed by atoms with Gasteiger partial charge in [0.2, 0.25) is 0 Å². The van der Waals surface area contributed by atoms with Crippen LogP contribution in [0.15, 0.2) is 30.3 Å². The van der Waals surface area contributed by atoms with Gasteiger partial charge in [0, 0.05) is 0 Å². The van der Waals surface area contributed by atoms with E-state index < -0.39 is 17.5 Å². The molecule has 0 radical (unpaired) electrons. The molecule has 3 heteroatoms. The fourth-order valence-corrected chi connectivity index (χ4v) is 2.98. The van der Waals surface area contributed by atoms with Crippen molar-refractivity contribution in [3.05, 3.63) is 70.0 Å². The Morgan fingerprint density at radius 2 is 1.65 bits per heavy atom. The smallest absolute Gasteiger partial charge is 0.194 e. The van der Waals surface area contributed by atoms with Gasteiger partial charge in [-0.3, -0.25) is 0 Å². The summed E-state index contributed by atoms with van der Waals surface area (Å²) in [4.78, 5) is 0. The van der Waals surface area contributed by atoms with Crippen LogP contribution in [0.25, 0.3) is 0 Å². The van der Waals surface area contributed by atoms with Gasteiger partial charge in [0.1, 0.15) is 0 Å². The summed E-state index contributed by atoms with van der Waals surface area (Å²) >= 11 is 0. The fraction of sp³-hybridized carbons (Fsp3) is 0.294. The quantitative estimate of drug-likeness (QED) is 0.663. The van der Waals surface area contributed by atoms with Crippen molar-refractivity contribution < 1.29 is 13.2 Å². The first-order valence-corrected chi connectivity index (χ1v) is 6.77. The Bertz CT molecular complexity index is 638. The lowest BCUT2D eigenvalue weighted by Gasteiger charge is -2.25. The van der Waals surface area contributed by atoms with Gasteiger partial charge in [-0.05, 0) is 60.9 Å². The van der Waals surface area contributed by atoms with Crippen molar-refractivity contribution in [2.24, 2.45) is 0 Å². The van der Waals surface area contributed by atoms with Crippen LogP contribution in [0.4, 0.5) is 13.2 Å². The van der Waals surface area contributed by atoms with Crippen molar-refractivity contribution in [2.45, 2.75) is 32.1 Å². The standard InChI is InChI=1S/C17H15F3/c1-10-2-3-12-7-13(5-4-11(12)6-10)14-8-15(18)17(20)16(19)9-14/h2-3,6,8-9,13H,4-5,7H2,1H3. The zero-order valence-electron chi connectivity index (χ0n) is 11.2. The molecule has 3 rings (SSSR count). The second-order valence-electron chi connectivity index (χ2n) is 5.51. The van der Waals surface area contributed by atoms with Gasteiger partial charge in [-0.1, -0.05) is 23.8 Å². The second-order valence-corrected chi connectivity index (χ2v) is 5.51. The summed E-state index contributed by atoms with van der Waals surface area (Å²) in [7, 11) is 0. The van der Waals surface area contributed by atoms with Crippen molar-refractivity contribution in [3.8, 4) is 0 Å². The molecule has 0 saturated carbocycles. The first-order chi connectivity index (χ1) is 9.54. The molecule has 0 bridgehead atoms. The molecule has 1 aliphatic rings. The highest BCUT2D eigenvalue weighted by Gasteiger charge is 2.22. The van der Waals surface area contributed by atoms with E-state index in [4.69, 9.17) is 0 Å². The highest BCUT2D eigenvalue weighted by atomic mass is 19.2. The maximum absolute atomic E-state index is 13.3. The molecule has 0 aromatic heterocycles. The lowest BCUT2D eigenvalue weighted by Crippen LogP contribution is -2.13. The van der Waals surface area contributed by atoms with Crippen LogP contribution in [-0.4, -0.2) is 0 Å². The molecular formula is C17H15F3. The van der Waals surface area contributed by atoms with Gasteiger partial charge < -0.3 is 0 Å². The summed E-state index contributed by atoms with van der Waals surface area (Å²) in [5, 5.41) is 0. The summed E-state index contributed by atoms with van der Waals surface area (Å²) in [5.41, 5.74) is 4.30. The molecule has 20 heavy (non-hydrogen) atoms. The molecule has 0 heterocycles. The van der Waals surface area contributed by atoms with Crippen LogP contribution in [0.2, 0.25) is 0 Å². The highest BCUT2D eigenvalue weighted by molar-refractivity contribution is 5.37. The van der Waals surface area contributed by atoms with Crippen molar-refractivity contribution in [1.29, 1.82) is 0 Å². The number of benzene rings is 2. The predicted octanol–water partition coefficient (Wildman–Crippen LogP) is 4.68. The van der Waals surface area contributed by atoms with Crippen LogP contribution in [0.5, 0.6) is 0 Å². The summed E-state index contributed by atoms with van der Waals surface area (Å²) in [6.07, 6.45) is 2.48. The minimum atomic E-state index is -1.39. The van der Waals surface area contributed by atoms with Gasteiger partial charge in [0.05, 0.1) is 0 Å². The molecule has 0 fully saturated rings. The molecule has 1 unspecified atom stereocenters. The minimum Gasteiger partial charge on any atom is -0.204 e. The van der Waals surface area contributed by atoms with Crippen LogP contribution < -0.4 is 0 Å². The lowest BCUT2D eigenvalue weighted by atomic mass is 9.80. The number of aryl methyl sites for hydroxylation is 2. The molecule has 104 valence electrons. The van der Waals surface area contributed by atoms with Gasteiger partial charge in [-0.25, -0.2) is 13.2 Å². The molecule has 0 amide bonds. The van der Waals surface area contributed by atoms with Crippen molar-refractivity contribution >= 4 is 0 Å². The van der Waals surface area contributed by atoms with Crippen molar-refractivity contribution in [2.75, 3.05) is 0 Å². The summed E-state index contributed by atoms with van der Waals surface area (Å²) in [5.74, 6) is -3.54. The van der Waals surface area contributed by atoms with E-state index in [0.29, 0.717) is 5.56 Å². The van der Waals surface area contributed by atoms with E-state index in [1.807, 2.05) is 6.07 Å². The average Bonchev–Trinajstić information content (AvgIpc) is 2.43. The molecule has 2 aromatic carbocycles. The molecular weight excluding hydrogens is 261 g/mol. The number of hydrogen-bond donors (Lipinski definition) is 0. The van der Waals surface area contributed by atoms with Crippen LogP contribution in [0.3, 0.4) is 0 Å². The first-order valence-electron chi connectivity index (χ1n) is 6.77. The van der Waals surface area contributed by atoms with Crippen LogP contribution in [0, 0.1) is 24.4 Å². The van der Waals surface area contributed by atoms with E-state index in [0.717, 1.165) is 31.4 Å². The molecule has 1 aliphatic carbocycles. The summed E-state index contributed by atoms with van der Waals surface area (Å²) < 4.78 is 39.7. The Labute approximate surface area is 116 Å². The van der Waals surface area contributed by atoms with Crippen molar-refractivity contribution in [3.63, 3.8) is 0 Å². The number of halogens is 3.